The SMILES string of the molecule is N#CCCN(C(=O)CN1CCC[C@H]1Cc1ccc(F)cc1)c1ccccc1F. The first-order valence-electron chi connectivity index (χ1n) is 9.49. The number of para-hydroxylation sites is 1. The maximum absolute atomic E-state index is 14.2. The molecule has 2 aromatic carbocycles. The van der Waals surface area contributed by atoms with Crippen molar-refractivity contribution < 1.29 is 13.6 Å². The number of rotatable bonds is 7. The molecule has 1 saturated heterocycles. The Morgan fingerprint density at radius 1 is 1.18 bits per heavy atom. The molecule has 0 unspecified atom stereocenters. The first-order valence-corrected chi connectivity index (χ1v) is 9.49. The zero-order valence-electron chi connectivity index (χ0n) is 15.7. The van der Waals surface area contributed by atoms with Crippen LogP contribution < -0.4 is 4.90 Å². The van der Waals surface area contributed by atoms with Gasteiger partial charge in [0.1, 0.15) is 11.6 Å². The Labute approximate surface area is 164 Å². The molecule has 0 aliphatic carbocycles. The second kappa shape index (κ2) is 9.43. The third kappa shape index (κ3) is 4.93. The molecule has 1 aliphatic rings. The van der Waals surface area contributed by atoms with Crippen LogP contribution in [-0.2, 0) is 11.2 Å². The zero-order chi connectivity index (χ0) is 19.9. The highest BCUT2D eigenvalue weighted by atomic mass is 19.1. The standard InChI is InChI=1S/C22H23F2N3O/c23-18-10-8-17(9-11-18)15-19-5-3-13-26(19)16-22(28)27(14-4-12-25)21-7-2-1-6-20(21)24/h1-2,6-11,19H,3-5,13-16H2/t19-/m0/s1. The fourth-order valence-corrected chi connectivity index (χ4v) is 3.70. The van der Waals surface area contributed by atoms with Crippen LogP contribution in [0.5, 0.6) is 0 Å². The molecule has 0 aromatic heterocycles. The average Bonchev–Trinajstić information content (AvgIpc) is 3.12. The number of carbonyl (C=O) groups excluding carboxylic acids is 1. The van der Waals surface area contributed by atoms with Gasteiger partial charge in [-0.2, -0.15) is 5.26 Å². The van der Waals surface area contributed by atoms with E-state index in [-0.39, 0.29) is 43.0 Å². The lowest BCUT2D eigenvalue weighted by Crippen LogP contribution is -2.43. The van der Waals surface area contributed by atoms with Crippen LogP contribution in [-0.4, -0.2) is 36.5 Å². The van der Waals surface area contributed by atoms with Crippen molar-refractivity contribution in [2.75, 3.05) is 24.5 Å². The van der Waals surface area contributed by atoms with Gasteiger partial charge >= 0.3 is 0 Å². The number of anilines is 1. The van der Waals surface area contributed by atoms with E-state index in [0.717, 1.165) is 31.4 Å². The quantitative estimate of drug-likeness (QED) is 0.728. The van der Waals surface area contributed by atoms with Gasteiger partial charge < -0.3 is 4.90 Å². The summed E-state index contributed by atoms with van der Waals surface area (Å²) >= 11 is 0. The molecule has 2 aromatic rings. The van der Waals surface area contributed by atoms with Gasteiger partial charge in [0, 0.05) is 12.6 Å². The maximum atomic E-state index is 14.2. The summed E-state index contributed by atoms with van der Waals surface area (Å²) in [5.74, 6) is -0.954. The molecule has 0 spiro atoms. The van der Waals surface area contributed by atoms with Crippen LogP contribution in [0.15, 0.2) is 48.5 Å². The first kappa shape index (κ1) is 20.0. The van der Waals surface area contributed by atoms with E-state index in [4.69, 9.17) is 5.26 Å². The van der Waals surface area contributed by atoms with E-state index in [1.165, 1.54) is 23.1 Å². The van der Waals surface area contributed by atoms with Crippen molar-refractivity contribution in [1.82, 2.24) is 4.90 Å². The summed E-state index contributed by atoms with van der Waals surface area (Å²) < 4.78 is 27.3. The van der Waals surface area contributed by atoms with E-state index in [1.54, 1.807) is 30.3 Å². The van der Waals surface area contributed by atoms with E-state index in [9.17, 15) is 13.6 Å². The molecule has 146 valence electrons. The van der Waals surface area contributed by atoms with Gasteiger partial charge in [-0.15, -0.1) is 0 Å². The molecule has 1 amide bonds. The number of halogens is 2. The van der Waals surface area contributed by atoms with Crippen LogP contribution in [0.4, 0.5) is 14.5 Å². The number of carbonyl (C=O) groups is 1. The highest BCUT2D eigenvalue weighted by molar-refractivity contribution is 5.95. The van der Waals surface area contributed by atoms with Crippen molar-refractivity contribution in [2.24, 2.45) is 0 Å². The first-order chi connectivity index (χ1) is 13.6. The van der Waals surface area contributed by atoms with Crippen molar-refractivity contribution >= 4 is 11.6 Å². The van der Waals surface area contributed by atoms with Crippen molar-refractivity contribution in [3.05, 3.63) is 65.7 Å². The molecule has 28 heavy (non-hydrogen) atoms. The highest BCUT2D eigenvalue weighted by Crippen LogP contribution is 2.24. The molecule has 1 aliphatic heterocycles. The van der Waals surface area contributed by atoms with Crippen molar-refractivity contribution in [3.63, 3.8) is 0 Å². The lowest BCUT2D eigenvalue weighted by atomic mass is 10.0. The Morgan fingerprint density at radius 3 is 2.64 bits per heavy atom. The molecule has 1 heterocycles. The second-order valence-electron chi connectivity index (χ2n) is 7.00. The second-order valence-corrected chi connectivity index (χ2v) is 7.00. The van der Waals surface area contributed by atoms with Crippen LogP contribution in [0.3, 0.4) is 0 Å². The van der Waals surface area contributed by atoms with Gasteiger partial charge in [-0.1, -0.05) is 24.3 Å². The van der Waals surface area contributed by atoms with Crippen molar-refractivity contribution in [1.29, 1.82) is 5.26 Å². The summed E-state index contributed by atoms with van der Waals surface area (Å²) in [6.45, 7) is 1.12. The lowest BCUT2D eigenvalue weighted by Gasteiger charge is -2.28. The van der Waals surface area contributed by atoms with Gasteiger partial charge in [0.2, 0.25) is 5.91 Å². The Bertz CT molecular complexity index is 848. The summed E-state index contributed by atoms with van der Waals surface area (Å²) in [4.78, 5) is 16.4. The lowest BCUT2D eigenvalue weighted by molar-refractivity contribution is -0.120. The number of nitrogens with zero attached hydrogens (tertiary/aromatic N) is 3. The van der Waals surface area contributed by atoms with Crippen LogP contribution in [0.25, 0.3) is 0 Å². The third-order valence-corrected chi connectivity index (χ3v) is 5.11. The zero-order valence-corrected chi connectivity index (χ0v) is 15.7. The Hall–Kier alpha value is -2.78. The Kier molecular flexibility index (Phi) is 6.72. The minimum absolute atomic E-state index is 0.138. The minimum atomic E-state index is -0.474. The molecular weight excluding hydrogens is 360 g/mol. The fraction of sp³-hybridized carbons (Fsp3) is 0.364. The number of nitriles is 1. The average molecular weight is 383 g/mol. The summed E-state index contributed by atoms with van der Waals surface area (Å²) in [7, 11) is 0. The van der Waals surface area contributed by atoms with Gasteiger partial charge in [0.05, 0.1) is 24.7 Å². The molecular formula is C22H23F2N3O. The molecule has 6 heteroatoms. The number of hydrogen-bond donors (Lipinski definition) is 0. The predicted molar refractivity (Wildman–Crippen MR) is 104 cm³/mol. The normalized spacial score (nSPS) is 16.7. The Morgan fingerprint density at radius 2 is 1.93 bits per heavy atom. The predicted octanol–water partition coefficient (Wildman–Crippen LogP) is 3.92. The van der Waals surface area contributed by atoms with Gasteiger partial charge in [-0.05, 0) is 55.6 Å². The monoisotopic (exact) mass is 383 g/mol. The smallest absolute Gasteiger partial charge is 0.241 e. The topological polar surface area (TPSA) is 47.3 Å². The van der Waals surface area contributed by atoms with E-state index < -0.39 is 5.82 Å². The third-order valence-electron chi connectivity index (χ3n) is 5.11. The molecule has 3 rings (SSSR count). The largest absolute Gasteiger partial charge is 0.308 e. The van der Waals surface area contributed by atoms with Gasteiger partial charge in [-0.25, -0.2) is 8.78 Å². The van der Waals surface area contributed by atoms with Crippen molar-refractivity contribution in [3.8, 4) is 6.07 Å². The van der Waals surface area contributed by atoms with E-state index in [0.29, 0.717) is 0 Å². The van der Waals surface area contributed by atoms with Gasteiger partial charge in [0.15, 0.2) is 0 Å². The molecule has 0 saturated carbocycles. The van der Waals surface area contributed by atoms with E-state index >= 15 is 0 Å². The van der Waals surface area contributed by atoms with E-state index in [1.807, 2.05) is 6.07 Å². The summed E-state index contributed by atoms with van der Waals surface area (Å²) in [5.41, 5.74) is 1.23. The van der Waals surface area contributed by atoms with Crippen LogP contribution >= 0.6 is 0 Å². The van der Waals surface area contributed by atoms with Gasteiger partial charge in [-0.3, -0.25) is 9.69 Å². The molecule has 0 bridgehead atoms. The minimum Gasteiger partial charge on any atom is -0.308 e. The van der Waals surface area contributed by atoms with Crippen molar-refractivity contribution in [2.45, 2.75) is 31.7 Å². The Balaban J connectivity index is 1.70. The summed E-state index contributed by atoms with van der Waals surface area (Å²) in [6, 6.07) is 14.8. The highest BCUT2D eigenvalue weighted by Gasteiger charge is 2.29. The molecule has 4 nitrogen and oxygen atoms in total. The van der Waals surface area contributed by atoms with Crippen LogP contribution in [0.1, 0.15) is 24.8 Å². The van der Waals surface area contributed by atoms with Crippen LogP contribution in [0.2, 0.25) is 0 Å². The number of likely N-dealkylation sites (tertiary alicyclic amines) is 1. The summed E-state index contributed by atoms with van der Waals surface area (Å²) in [6.07, 6.45) is 2.82. The maximum Gasteiger partial charge on any atom is 0.241 e. The number of hydrogen-bond acceptors (Lipinski definition) is 3. The number of amides is 1. The number of benzene rings is 2. The van der Waals surface area contributed by atoms with Crippen LogP contribution in [0, 0.1) is 23.0 Å². The molecule has 1 fully saturated rings. The molecule has 1 atom stereocenters. The summed E-state index contributed by atoms with van der Waals surface area (Å²) in [5, 5.41) is 8.90. The molecule has 0 N–H and O–H groups in total. The molecule has 0 radical (unpaired) electrons. The fourth-order valence-electron chi connectivity index (χ4n) is 3.70. The van der Waals surface area contributed by atoms with Gasteiger partial charge in [0.25, 0.3) is 0 Å². The van der Waals surface area contributed by atoms with E-state index in [2.05, 4.69) is 4.90 Å².